The van der Waals surface area contributed by atoms with Gasteiger partial charge >= 0.3 is 0 Å². The predicted octanol–water partition coefficient (Wildman–Crippen LogP) is 6.32. The number of amidine groups is 1. The maximum atomic E-state index is 14.7. The Morgan fingerprint density at radius 2 is 1.78 bits per heavy atom. The second kappa shape index (κ2) is 11.3. The zero-order valence-electron chi connectivity index (χ0n) is 26.5. The van der Waals surface area contributed by atoms with E-state index in [4.69, 9.17) is 28.2 Å². The summed E-state index contributed by atoms with van der Waals surface area (Å²) < 4.78 is 0. The number of nitrogens with zero attached hydrogens (tertiary/aromatic N) is 6. The first-order valence-corrected chi connectivity index (χ1v) is 17.5. The number of hydrogen-bond donors (Lipinski definition) is 0. The molecular weight excluding hydrogens is 627 g/mol. The van der Waals surface area contributed by atoms with E-state index in [1.165, 1.54) is 11.8 Å². The van der Waals surface area contributed by atoms with E-state index in [1.807, 2.05) is 40.1 Å². The van der Waals surface area contributed by atoms with E-state index in [1.54, 1.807) is 12.3 Å². The minimum absolute atomic E-state index is 0.0230. The summed E-state index contributed by atoms with van der Waals surface area (Å²) in [6.45, 7) is 10.8. The van der Waals surface area contributed by atoms with Gasteiger partial charge < -0.3 is 14.7 Å². The first-order chi connectivity index (χ1) is 21.4. The van der Waals surface area contributed by atoms with Crippen LogP contribution in [0.5, 0.6) is 0 Å². The van der Waals surface area contributed by atoms with Crippen LogP contribution in [-0.4, -0.2) is 85.9 Å². The van der Waals surface area contributed by atoms with Crippen LogP contribution in [-0.2, 0) is 15.1 Å². The Kier molecular flexibility index (Phi) is 7.78. The molecule has 1 saturated carbocycles. The molecule has 7 rings (SSSR count). The smallest absolute Gasteiger partial charge is 0.263 e. The van der Waals surface area contributed by atoms with E-state index in [0.29, 0.717) is 28.0 Å². The molecule has 4 atom stereocenters. The van der Waals surface area contributed by atoms with Crippen molar-refractivity contribution in [3.8, 4) is 0 Å². The lowest BCUT2D eigenvalue weighted by Gasteiger charge is -2.42. The van der Waals surface area contributed by atoms with E-state index in [9.17, 15) is 9.59 Å². The lowest BCUT2D eigenvalue weighted by molar-refractivity contribution is -0.145. The third-order valence-electron chi connectivity index (χ3n) is 10.6. The highest BCUT2D eigenvalue weighted by molar-refractivity contribution is 8.18. The van der Waals surface area contributed by atoms with Crippen molar-refractivity contribution in [2.75, 3.05) is 26.7 Å². The van der Waals surface area contributed by atoms with Gasteiger partial charge in [0.25, 0.3) is 5.91 Å². The molecule has 0 N–H and O–H groups in total. The number of piperazine rings is 1. The van der Waals surface area contributed by atoms with Crippen LogP contribution in [0.2, 0.25) is 10.2 Å². The van der Waals surface area contributed by atoms with Gasteiger partial charge in [-0.3, -0.25) is 14.5 Å². The monoisotopic (exact) mass is 666 g/mol. The summed E-state index contributed by atoms with van der Waals surface area (Å²) in [5.74, 6) is 0.0645. The number of aromatic nitrogens is 1. The zero-order valence-corrected chi connectivity index (χ0v) is 28.8. The van der Waals surface area contributed by atoms with Gasteiger partial charge in [0, 0.05) is 53.7 Å². The van der Waals surface area contributed by atoms with Crippen LogP contribution >= 0.6 is 35.0 Å². The van der Waals surface area contributed by atoms with Crippen molar-refractivity contribution < 1.29 is 9.59 Å². The minimum Gasteiger partial charge on any atom is -0.338 e. The quantitative estimate of drug-likeness (QED) is 0.348. The Morgan fingerprint density at radius 1 is 1.04 bits per heavy atom. The summed E-state index contributed by atoms with van der Waals surface area (Å²) in [5, 5.41) is 1.86. The Hall–Kier alpha value is -2.59. The maximum Gasteiger partial charge on any atom is 0.263 e. The number of hydrogen-bond acceptors (Lipinski definition) is 7. The lowest BCUT2D eigenvalue weighted by Crippen LogP contribution is -2.59. The number of carbonyl (C=O) groups excluding carboxylic acids is 2. The number of allylic oxidation sites excluding steroid dienone is 1. The number of halogens is 2. The number of rotatable bonds is 5. The molecule has 11 heteroatoms. The first kappa shape index (κ1) is 31.0. The van der Waals surface area contributed by atoms with Crippen molar-refractivity contribution in [1.29, 1.82) is 0 Å². The van der Waals surface area contributed by atoms with Gasteiger partial charge in [0.05, 0.1) is 6.04 Å². The molecule has 2 amide bonds. The van der Waals surface area contributed by atoms with E-state index in [0.717, 1.165) is 54.3 Å². The summed E-state index contributed by atoms with van der Waals surface area (Å²) in [6, 6.07) is 10.9. The van der Waals surface area contributed by atoms with Gasteiger partial charge in [0.15, 0.2) is 5.17 Å². The first-order valence-electron chi connectivity index (χ1n) is 15.9. The molecule has 5 heterocycles. The summed E-state index contributed by atoms with van der Waals surface area (Å²) in [4.78, 5) is 47.7. The molecule has 1 spiro atoms. The van der Waals surface area contributed by atoms with Gasteiger partial charge in [-0.25, -0.2) is 9.98 Å². The molecule has 0 unspecified atom stereocenters. The number of likely N-dealkylation sites (N-methyl/N-ethyl adjacent to an activating group) is 1. The summed E-state index contributed by atoms with van der Waals surface area (Å²) >= 11 is 13.9. The molecule has 0 radical (unpaired) electrons. The SMILES string of the molecule is CC(C)C1=C(C(=O)N2[C@H](C)CC[C@@H]2C(=O)N2CCN(C)C3(CC3)C2)SC2=N[C@@](C)(c3ccc(Cl)nc3)[C@@H](c3ccc(Cl)cc3)N21. The molecule has 45 heavy (non-hydrogen) atoms. The van der Waals surface area contributed by atoms with Gasteiger partial charge in [-0.05, 0) is 88.0 Å². The average molecular weight is 668 g/mol. The van der Waals surface area contributed by atoms with Gasteiger partial charge in [0.1, 0.15) is 21.6 Å². The van der Waals surface area contributed by atoms with Gasteiger partial charge in [0.2, 0.25) is 5.91 Å². The van der Waals surface area contributed by atoms with Crippen molar-refractivity contribution in [3.63, 3.8) is 0 Å². The van der Waals surface area contributed by atoms with Crippen molar-refractivity contribution in [2.45, 2.75) is 82.6 Å². The molecule has 8 nitrogen and oxygen atoms in total. The third-order valence-corrected chi connectivity index (χ3v) is 12.1. The van der Waals surface area contributed by atoms with E-state index in [2.05, 4.69) is 49.5 Å². The van der Waals surface area contributed by atoms with Crippen molar-refractivity contribution >= 4 is 51.9 Å². The van der Waals surface area contributed by atoms with E-state index < -0.39 is 11.6 Å². The molecule has 5 aliphatic rings. The number of fused-ring (bicyclic) bond motifs is 1. The fourth-order valence-electron chi connectivity index (χ4n) is 7.78. The average Bonchev–Trinajstić information content (AvgIpc) is 3.38. The highest BCUT2D eigenvalue weighted by Crippen LogP contribution is 2.56. The molecule has 3 fully saturated rings. The number of amides is 2. The van der Waals surface area contributed by atoms with Crippen molar-refractivity contribution in [2.24, 2.45) is 10.9 Å². The minimum atomic E-state index is -0.692. The number of pyridine rings is 1. The molecular formula is C34H40Cl2N6O2S. The van der Waals surface area contributed by atoms with Gasteiger partial charge in [-0.2, -0.15) is 0 Å². The Morgan fingerprint density at radius 3 is 2.42 bits per heavy atom. The molecule has 2 aromatic rings. The van der Waals surface area contributed by atoms with Crippen LogP contribution in [0.3, 0.4) is 0 Å². The van der Waals surface area contributed by atoms with E-state index >= 15 is 0 Å². The van der Waals surface area contributed by atoms with Crippen molar-refractivity contribution in [1.82, 2.24) is 24.6 Å². The molecule has 4 aliphatic heterocycles. The van der Waals surface area contributed by atoms with Crippen LogP contribution in [0.25, 0.3) is 0 Å². The van der Waals surface area contributed by atoms with Crippen LogP contribution < -0.4 is 0 Å². The zero-order chi connectivity index (χ0) is 31.8. The highest BCUT2D eigenvalue weighted by atomic mass is 35.5. The lowest BCUT2D eigenvalue weighted by atomic mass is 9.81. The van der Waals surface area contributed by atoms with Gasteiger partial charge in [-0.1, -0.05) is 55.2 Å². The molecule has 1 aromatic carbocycles. The molecule has 1 aromatic heterocycles. The standard InChI is InChI=1S/C34H40Cl2N6O2S/c1-20(2)27-28(31(44)41-21(3)6-12-25(41)30(43)40-17-16-39(5)34(19-40)14-15-34)45-32-38-33(4,23-9-13-26(36)37-18-23)29(42(27)32)22-7-10-24(35)11-8-22/h7-11,13,18,20-21,25,29H,6,12,14-17,19H2,1-5H3/t21-,25-,29-,33+/m1/s1. The van der Waals surface area contributed by atoms with Gasteiger partial charge in [-0.15, -0.1) is 0 Å². The third kappa shape index (κ3) is 5.09. The molecule has 0 bridgehead atoms. The number of carbonyl (C=O) groups is 2. The fourth-order valence-corrected chi connectivity index (χ4v) is 9.37. The Bertz CT molecular complexity index is 1590. The fraction of sp³-hybridized carbons (Fsp3) is 0.529. The highest BCUT2D eigenvalue weighted by Gasteiger charge is 2.55. The van der Waals surface area contributed by atoms with Crippen LogP contribution in [0.15, 0.2) is 58.2 Å². The van der Waals surface area contributed by atoms with Crippen LogP contribution in [0.4, 0.5) is 0 Å². The second-order valence-electron chi connectivity index (χ2n) is 13.8. The second-order valence-corrected chi connectivity index (χ2v) is 15.6. The van der Waals surface area contributed by atoms with Crippen LogP contribution in [0.1, 0.15) is 70.5 Å². The molecule has 1 aliphatic carbocycles. The Balaban J connectivity index is 1.25. The molecule has 238 valence electrons. The number of likely N-dealkylation sites (tertiary alicyclic amines) is 1. The topological polar surface area (TPSA) is 72.4 Å². The molecule has 2 saturated heterocycles. The number of aliphatic imine (C=N–C) groups is 1. The van der Waals surface area contributed by atoms with E-state index in [-0.39, 0.29) is 35.4 Å². The number of thioether (sulfide) groups is 1. The Labute approximate surface area is 279 Å². The largest absolute Gasteiger partial charge is 0.338 e. The summed E-state index contributed by atoms with van der Waals surface area (Å²) in [7, 11) is 2.17. The predicted molar refractivity (Wildman–Crippen MR) is 180 cm³/mol. The maximum absolute atomic E-state index is 14.7. The van der Waals surface area contributed by atoms with Crippen molar-refractivity contribution in [3.05, 3.63) is 74.5 Å². The summed E-state index contributed by atoms with van der Waals surface area (Å²) in [6.07, 6.45) is 5.57. The normalized spacial score (nSPS) is 29.2. The number of benzene rings is 1. The van der Waals surface area contributed by atoms with Crippen LogP contribution in [0, 0.1) is 5.92 Å². The summed E-state index contributed by atoms with van der Waals surface area (Å²) in [5.41, 5.74) is 2.35.